The lowest BCUT2D eigenvalue weighted by Crippen LogP contribution is -2.03. The maximum atomic E-state index is 12.9. The van der Waals surface area contributed by atoms with Crippen molar-refractivity contribution in [2.45, 2.75) is 6.54 Å². The first-order chi connectivity index (χ1) is 10.8. The van der Waals surface area contributed by atoms with Gasteiger partial charge in [-0.2, -0.15) is 0 Å². The highest BCUT2D eigenvalue weighted by Crippen LogP contribution is 2.16. The highest BCUT2D eigenvalue weighted by molar-refractivity contribution is 5.58. The molecule has 0 unspecified atom stereocenters. The van der Waals surface area contributed by atoms with Crippen LogP contribution in [-0.4, -0.2) is 15.0 Å². The van der Waals surface area contributed by atoms with Crippen molar-refractivity contribution in [1.29, 1.82) is 0 Å². The lowest BCUT2D eigenvalue weighted by molar-refractivity contribution is 0.628. The van der Waals surface area contributed by atoms with E-state index in [-0.39, 0.29) is 5.82 Å². The van der Waals surface area contributed by atoms with E-state index in [2.05, 4.69) is 25.6 Å². The molecule has 6 heteroatoms. The number of aromatic nitrogens is 3. The van der Waals surface area contributed by atoms with Crippen LogP contribution < -0.4 is 10.6 Å². The number of pyridine rings is 1. The molecule has 0 aliphatic carbocycles. The number of nitrogens with one attached hydrogen (secondary N) is 2. The van der Waals surface area contributed by atoms with Crippen LogP contribution in [0.1, 0.15) is 5.56 Å². The molecule has 0 saturated heterocycles. The molecule has 110 valence electrons. The summed E-state index contributed by atoms with van der Waals surface area (Å²) in [6.07, 6.45) is 5.00. The number of anilines is 3. The van der Waals surface area contributed by atoms with E-state index in [1.165, 1.54) is 18.5 Å². The fourth-order valence-electron chi connectivity index (χ4n) is 1.90. The van der Waals surface area contributed by atoms with Crippen LogP contribution in [0.4, 0.5) is 21.7 Å². The van der Waals surface area contributed by atoms with E-state index >= 15 is 0 Å². The summed E-state index contributed by atoms with van der Waals surface area (Å²) in [5, 5.41) is 6.30. The molecule has 0 saturated carbocycles. The second kappa shape index (κ2) is 6.62. The summed E-state index contributed by atoms with van der Waals surface area (Å²) in [5.41, 5.74) is 1.83. The molecule has 2 heterocycles. The van der Waals surface area contributed by atoms with Crippen molar-refractivity contribution in [3.8, 4) is 0 Å². The zero-order chi connectivity index (χ0) is 15.2. The molecule has 0 radical (unpaired) electrons. The summed E-state index contributed by atoms with van der Waals surface area (Å²) in [6.45, 7) is 0.626. The summed E-state index contributed by atoms with van der Waals surface area (Å²) in [7, 11) is 0. The normalized spacial score (nSPS) is 10.2. The van der Waals surface area contributed by atoms with Gasteiger partial charge in [0.1, 0.15) is 23.8 Å². The smallest absolute Gasteiger partial charge is 0.135 e. The molecule has 22 heavy (non-hydrogen) atoms. The van der Waals surface area contributed by atoms with E-state index in [9.17, 15) is 4.39 Å². The van der Waals surface area contributed by atoms with Crippen molar-refractivity contribution in [3.05, 3.63) is 72.6 Å². The van der Waals surface area contributed by atoms with Gasteiger partial charge in [-0.25, -0.2) is 14.4 Å². The van der Waals surface area contributed by atoms with E-state index in [1.54, 1.807) is 30.6 Å². The molecule has 0 bridgehead atoms. The first-order valence-electron chi connectivity index (χ1n) is 6.77. The Balaban J connectivity index is 1.66. The molecule has 2 aromatic heterocycles. The molecule has 2 N–H and O–H groups in total. The summed E-state index contributed by atoms with van der Waals surface area (Å²) in [5.74, 6) is 1.06. The van der Waals surface area contributed by atoms with Crippen molar-refractivity contribution >= 4 is 17.3 Å². The van der Waals surface area contributed by atoms with Crippen molar-refractivity contribution in [2.24, 2.45) is 0 Å². The Kier molecular flexibility index (Phi) is 4.20. The number of halogens is 1. The van der Waals surface area contributed by atoms with Crippen LogP contribution in [-0.2, 0) is 6.54 Å². The van der Waals surface area contributed by atoms with Gasteiger partial charge in [-0.1, -0.05) is 6.07 Å². The number of rotatable bonds is 5. The van der Waals surface area contributed by atoms with Gasteiger partial charge in [-0.3, -0.25) is 4.98 Å². The van der Waals surface area contributed by atoms with E-state index in [1.807, 2.05) is 12.1 Å². The van der Waals surface area contributed by atoms with Gasteiger partial charge in [-0.15, -0.1) is 0 Å². The highest BCUT2D eigenvalue weighted by atomic mass is 19.1. The molecule has 0 spiro atoms. The molecule has 0 atom stereocenters. The number of hydrogen-bond acceptors (Lipinski definition) is 5. The second-order valence-corrected chi connectivity index (χ2v) is 4.64. The van der Waals surface area contributed by atoms with Gasteiger partial charge < -0.3 is 10.6 Å². The third kappa shape index (κ3) is 3.76. The van der Waals surface area contributed by atoms with Gasteiger partial charge in [0.05, 0.1) is 0 Å². The average Bonchev–Trinajstić information content (AvgIpc) is 2.57. The Morgan fingerprint density at radius 3 is 2.59 bits per heavy atom. The molecule has 3 aromatic rings. The van der Waals surface area contributed by atoms with Crippen LogP contribution in [0.3, 0.4) is 0 Å². The predicted octanol–water partition coefficient (Wildman–Crippen LogP) is 3.37. The van der Waals surface area contributed by atoms with Crippen molar-refractivity contribution in [2.75, 3.05) is 10.6 Å². The molecular formula is C16H14FN5. The average molecular weight is 295 g/mol. The Hall–Kier alpha value is -3.02. The predicted molar refractivity (Wildman–Crippen MR) is 83.3 cm³/mol. The lowest BCUT2D eigenvalue weighted by atomic mass is 10.3. The molecule has 5 nitrogen and oxygen atoms in total. The molecule has 3 rings (SSSR count). The number of benzene rings is 1. The van der Waals surface area contributed by atoms with Crippen LogP contribution in [0.15, 0.2) is 61.2 Å². The van der Waals surface area contributed by atoms with Crippen molar-refractivity contribution in [3.63, 3.8) is 0 Å². The monoisotopic (exact) mass is 295 g/mol. The third-order valence-electron chi connectivity index (χ3n) is 2.98. The minimum atomic E-state index is -0.271. The molecular weight excluding hydrogens is 281 g/mol. The first-order valence-corrected chi connectivity index (χ1v) is 6.77. The zero-order valence-corrected chi connectivity index (χ0v) is 11.7. The summed E-state index contributed by atoms with van der Waals surface area (Å²) in [4.78, 5) is 12.4. The minimum absolute atomic E-state index is 0.271. The lowest BCUT2D eigenvalue weighted by Gasteiger charge is -2.08. The fraction of sp³-hybridized carbons (Fsp3) is 0.0625. The number of hydrogen-bond donors (Lipinski definition) is 2. The van der Waals surface area contributed by atoms with Gasteiger partial charge in [-0.05, 0) is 35.9 Å². The fourth-order valence-corrected chi connectivity index (χ4v) is 1.90. The largest absolute Gasteiger partial charge is 0.366 e. The van der Waals surface area contributed by atoms with Crippen LogP contribution in [0.5, 0.6) is 0 Å². The highest BCUT2D eigenvalue weighted by Gasteiger charge is 2.00. The first kappa shape index (κ1) is 13.9. The molecule has 0 amide bonds. The zero-order valence-electron chi connectivity index (χ0n) is 11.7. The Labute approximate surface area is 127 Å². The standard InChI is InChI=1S/C16H14FN5/c17-13-3-5-14(6-4-13)22-16-8-15(20-11-21-16)19-10-12-2-1-7-18-9-12/h1-9,11H,10H2,(H2,19,20,21,22). The summed E-state index contributed by atoms with van der Waals surface area (Å²) >= 11 is 0. The third-order valence-corrected chi connectivity index (χ3v) is 2.98. The quantitative estimate of drug-likeness (QED) is 0.755. The van der Waals surface area contributed by atoms with Gasteiger partial charge in [0.2, 0.25) is 0 Å². The van der Waals surface area contributed by atoms with Crippen molar-refractivity contribution < 1.29 is 4.39 Å². The topological polar surface area (TPSA) is 62.7 Å². The van der Waals surface area contributed by atoms with Crippen molar-refractivity contribution in [1.82, 2.24) is 15.0 Å². The minimum Gasteiger partial charge on any atom is -0.366 e. The Morgan fingerprint density at radius 2 is 1.82 bits per heavy atom. The molecule has 0 aliphatic rings. The van der Waals surface area contributed by atoms with Crippen LogP contribution in [0, 0.1) is 5.82 Å². The summed E-state index contributed by atoms with van der Waals surface area (Å²) in [6, 6.07) is 11.8. The van der Waals surface area contributed by atoms with Crippen LogP contribution in [0.2, 0.25) is 0 Å². The van der Waals surface area contributed by atoms with Gasteiger partial charge in [0.15, 0.2) is 0 Å². The van der Waals surface area contributed by atoms with Crippen LogP contribution in [0.25, 0.3) is 0 Å². The maximum Gasteiger partial charge on any atom is 0.135 e. The van der Waals surface area contributed by atoms with E-state index in [0.717, 1.165) is 11.3 Å². The van der Waals surface area contributed by atoms with Gasteiger partial charge in [0.25, 0.3) is 0 Å². The SMILES string of the molecule is Fc1ccc(Nc2cc(NCc3cccnc3)ncn2)cc1. The number of nitrogens with zero attached hydrogens (tertiary/aromatic N) is 3. The molecule has 1 aromatic carbocycles. The molecule has 0 fully saturated rings. The maximum absolute atomic E-state index is 12.9. The van der Waals surface area contributed by atoms with Gasteiger partial charge in [0, 0.05) is 30.7 Å². The van der Waals surface area contributed by atoms with Gasteiger partial charge >= 0.3 is 0 Å². The van der Waals surface area contributed by atoms with E-state index in [0.29, 0.717) is 18.2 Å². The Bertz CT molecular complexity index is 731. The Morgan fingerprint density at radius 1 is 1.00 bits per heavy atom. The second-order valence-electron chi connectivity index (χ2n) is 4.64. The molecule has 0 aliphatic heterocycles. The van der Waals surface area contributed by atoms with E-state index in [4.69, 9.17) is 0 Å². The van der Waals surface area contributed by atoms with E-state index < -0.39 is 0 Å². The van der Waals surface area contributed by atoms with Crippen LogP contribution >= 0.6 is 0 Å². The summed E-state index contributed by atoms with van der Waals surface area (Å²) < 4.78 is 12.9.